The van der Waals surface area contributed by atoms with E-state index in [1.807, 2.05) is 41.0 Å². The number of hydrogen-bond acceptors (Lipinski definition) is 3. The molecule has 1 fully saturated rings. The third kappa shape index (κ3) is 4.46. The lowest BCUT2D eigenvalue weighted by Gasteiger charge is -2.23. The van der Waals surface area contributed by atoms with Crippen LogP contribution in [0.2, 0.25) is 0 Å². The fraction of sp³-hybridized carbons (Fsp3) is 0.364. The van der Waals surface area contributed by atoms with Crippen molar-refractivity contribution in [3.8, 4) is 0 Å². The number of rotatable bonds is 5. The molecule has 0 saturated heterocycles. The Morgan fingerprint density at radius 3 is 2.70 bits per heavy atom. The number of halogens is 1. The first-order valence-electron chi connectivity index (χ1n) is 9.57. The molecule has 0 amide bonds. The van der Waals surface area contributed by atoms with Crippen LogP contribution in [0.5, 0.6) is 0 Å². The van der Waals surface area contributed by atoms with Gasteiger partial charge in [0.25, 0.3) is 5.56 Å². The zero-order valence-electron chi connectivity index (χ0n) is 15.2. The summed E-state index contributed by atoms with van der Waals surface area (Å²) in [6, 6.07) is 16.0. The second-order valence-electron chi connectivity index (χ2n) is 7.25. The van der Waals surface area contributed by atoms with E-state index in [0.717, 1.165) is 32.8 Å². The van der Waals surface area contributed by atoms with Gasteiger partial charge in [-0.05, 0) is 48.6 Å². The maximum atomic E-state index is 13.2. The summed E-state index contributed by atoms with van der Waals surface area (Å²) in [5, 5.41) is 1.56. The van der Waals surface area contributed by atoms with E-state index in [1.165, 1.54) is 37.7 Å². The van der Waals surface area contributed by atoms with E-state index in [1.54, 1.807) is 11.8 Å². The smallest absolute Gasteiger partial charge is 0.262 e. The molecule has 1 aromatic heterocycles. The maximum absolute atomic E-state index is 13.2. The topological polar surface area (TPSA) is 34.9 Å². The first kappa shape index (κ1) is 18.8. The van der Waals surface area contributed by atoms with Crippen LogP contribution in [-0.4, -0.2) is 9.55 Å². The van der Waals surface area contributed by atoms with Gasteiger partial charge in [0.05, 0.1) is 10.9 Å². The molecular formula is C22H23BrN2OS. The van der Waals surface area contributed by atoms with E-state index in [9.17, 15) is 4.79 Å². The largest absolute Gasteiger partial charge is 0.287 e. The normalized spacial score (nSPS) is 15.3. The van der Waals surface area contributed by atoms with Crippen molar-refractivity contribution in [2.45, 2.75) is 49.6 Å². The van der Waals surface area contributed by atoms with Crippen molar-refractivity contribution in [3.05, 3.63) is 68.9 Å². The van der Waals surface area contributed by atoms with Crippen LogP contribution in [-0.2, 0) is 12.3 Å². The average molecular weight is 443 g/mol. The molecule has 4 rings (SSSR count). The first-order valence-corrected chi connectivity index (χ1v) is 11.4. The second-order valence-corrected chi connectivity index (χ2v) is 9.11. The summed E-state index contributed by atoms with van der Waals surface area (Å²) in [5.41, 5.74) is 2.11. The minimum Gasteiger partial charge on any atom is -0.287 e. The molecule has 3 nitrogen and oxygen atoms in total. The average Bonchev–Trinajstić information content (AvgIpc) is 2.70. The predicted octanol–water partition coefficient (Wildman–Crippen LogP) is 6.03. The Balaban J connectivity index is 1.67. The van der Waals surface area contributed by atoms with Gasteiger partial charge in [-0.1, -0.05) is 71.2 Å². The Bertz CT molecular complexity index is 995. The summed E-state index contributed by atoms with van der Waals surface area (Å²) in [5.74, 6) is 1.39. The summed E-state index contributed by atoms with van der Waals surface area (Å²) < 4.78 is 3.01. The molecule has 0 unspecified atom stereocenters. The van der Waals surface area contributed by atoms with Gasteiger partial charge >= 0.3 is 0 Å². The number of para-hydroxylation sites is 1. The quantitative estimate of drug-likeness (QED) is 0.357. The molecule has 0 bridgehead atoms. The number of nitrogens with zero attached hydrogens (tertiary/aromatic N) is 2. The highest BCUT2D eigenvalue weighted by atomic mass is 79.9. The molecular weight excluding hydrogens is 420 g/mol. The Morgan fingerprint density at radius 1 is 1.07 bits per heavy atom. The highest BCUT2D eigenvalue weighted by Crippen LogP contribution is 2.28. The van der Waals surface area contributed by atoms with Crippen molar-refractivity contribution >= 4 is 38.6 Å². The van der Waals surface area contributed by atoms with Gasteiger partial charge in [-0.25, -0.2) is 4.98 Å². The molecule has 1 heterocycles. The zero-order chi connectivity index (χ0) is 18.6. The van der Waals surface area contributed by atoms with Gasteiger partial charge in [0.1, 0.15) is 0 Å². The SMILES string of the molecule is O=c1c2ccccc2nc(SCc2cccc(Br)c2)n1CC1CCCCC1. The molecule has 0 atom stereocenters. The fourth-order valence-electron chi connectivity index (χ4n) is 3.82. The minimum atomic E-state index is 0.0999. The van der Waals surface area contributed by atoms with Gasteiger partial charge in [0.15, 0.2) is 5.16 Å². The molecule has 1 aliphatic rings. The molecule has 140 valence electrons. The van der Waals surface area contributed by atoms with Crippen molar-refractivity contribution in [3.63, 3.8) is 0 Å². The Kier molecular flexibility index (Phi) is 5.98. The van der Waals surface area contributed by atoms with Crippen molar-refractivity contribution in [1.29, 1.82) is 0 Å². The summed E-state index contributed by atoms with van der Waals surface area (Å²) in [7, 11) is 0. The first-order chi connectivity index (χ1) is 13.2. The molecule has 0 N–H and O–H groups in total. The van der Waals surface area contributed by atoms with Gasteiger partial charge in [0.2, 0.25) is 0 Å². The third-order valence-corrected chi connectivity index (χ3v) is 6.79. The highest BCUT2D eigenvalue weighted by molar-refractivity contribution is 9.10. The van der Waals surface area contributed by atoms with Crippen LogP contribution in [0.3, 0.4) is 0 Å². The van der Waals surface area contributed by atoms with E-state index in [-0.39, 0.29) is 5.56 Å². The van der Waals surface area contributed by atoms with E-state index < -0.39 is 0 Å². The Labute approximate surface area is 172 Å². The molecule has 3 aromatic rings. The van der Waals surface area contributed by atoms with Gasteiger partial charge in [-0.15, -0.1) is 0 Å². The van der Waals surface area contributed by atoms with E-state index in [2.05, 4.69) is 28.1 Å². The van der Waals surface area contributed by atoms with Crippen LogP contribution in [0, 0.1) is 5.92 Å². The standard InChI is InChI=1S/C22H23BrN2OS/c23-18-10-6-9-17(13-18)15-27-22-24-20-12-5-4-11-19(20)21(26)25(22)14-16-7-2-1-3-8-16/h4-6,9-13,16H,1-3,7-8,14-15H2. The summed E-state index contributed by atoms with van der Waals surface area (Å²) >= 11 is 5.19. The molecule has 5 heteroatoms. The van der Waals surface area contributed by atoms with Crippen LogP contribution < -0.4 is 5.56 Å². The predicted molar refractivity (Wildman–Crippen MR) is 116 cm³/mol. The number of thioether (sulfide) groups is 1. The van der Waals surface area contributed by atoms with Gasteiger partial charge in [0, 0.05) is 16.8 Å². The van der Waals surface area contributed by atoms with Crippen LogP contribution in [0.1, 0.15) is 37.7 Å². The lowest BCUT2D eigenvalue weighted by Crippen LogP contribution is -2.27. The minimum absolute atomic E-state index is 0.0999. The van der Waals surface area contributed by atoms with E-state index in [0.29, 0.717) is 5.92 Å². The summed E-state index contributed by atoms with van der Waals surface area (Å²) in [6.07, 6.45) is 6.32. The fourth-order valence-corrected chi connectivity index (χ4v) is 5.22. The number of hydrogen-bond donors (Lipinski definition) is 0. The molecule has 1 saturated carbocycles. The summed E-state index contributed by atoms with van der Waals surface area (Å²) in [6.45, 7) is 0.789. The molecule has 1 aliphatic carbocycles. The zero-order valence-corrected chi connectivity index (χ0v) is 17.6. The number of aromatic nitrogens is 2. The molecule has 2 aromatic carbocycles. The van der Waals surface area contributed by atoms with Crippen molar-refractivity contribution < 1.29 is 0 Å². The van der Waals surface area contributed by atoms with Crippen molar-refractivity contribution in [2.75, 3.05) is 0 Å². The van der Waals surface area contributed by atoms with Crippen LogP contribution in [0.15, 0.2) is 63.0 Å². The monoisotopic (exact) mass is 442 g/mol. The maximum Gasteiger partial charge on any atom is 0.262 e. The molecule has 0 spiro atoms. The lowest BCUT2D eigenvalue weighted by molar-refractivity contribution is 0.306. The molecule has 0 radical (unpaired) electrons. The Hall–Kier alpha value is -1.59. The van der Waals surface area contributed by atoms with Crippen LogP contribution in [0.25, 0.3) is 10.9 Å². The van der Waals surface area contributed by atoms with Crippen molar-refractivity contribution in [1.82, 2.24) is 9.55 Å². The van der Waals surface area contributed by atoms with Gasteiger partial charge in [-0.2, -0.15) is 0 Å². The van der Waals surface area contributed by atoms with Gasteiger partial charge < -0.3 is 0 Å². The number of fused-ring (bicyclic) bond motifs is 1. The Morgan fingerprint density at radius 2 is 1.89 bits per heavy atom. The summed E-state index contributed by atoms with van der Waals surface area (Å²) in [4.78, 5) is 18.0. The highest BCUT2D eigenvalue weighted by Gasteiger charge is 2.18. The van der Waals surface area contributed by atoms with E-state index >= 15 is 0 Å². The second kappa shape index (κ2) is 8.61. The molecule has 27 heavy (non-hydrogen) atoms. The molecule has 0 aliphatic heterocycles. The van der Waals surface area contributed by atoms with Crippen LogP contribution >= 0.6 is 27.7 Å². The number of benzene rings is 2. The van der Waals surface area contributed by atoms with Crippen molar-refractivity contribution in [2.24, 2.45) is 5.92 Å². The van der Waals surface area contributed by atoms with Crippen LogP contribution in [0.4, 0.5) is 0 Å². The van der Waals surface area contributed by atoms with Gasteiger partial charge in [-0.3, -0.25) is 9.36 Å². The third-order valence-electron chi connectivity index (χ3n) is 5.25. The lowest BCUT2D eigenvalue weighted by atomic mass is 9.89. The van der Waals surface area contributed by atoms with E-state index in [4.69, 9.17) is 4.98 Å².